The highest BCUT2D eigenvalue weighted by molar-refractivity contribution is 6.12. The van der Waals surface area contributed by atoms with Crippen LogP contribution in [0.5, 0.6) is 0 Å². The molecule has 1 aromatic heterocycles. The summed E-state index contributed by atoms with van der Waals surface area (Å²) in [4.78, 5) is 0. The smallest absolute Gasteiger partial charge is 0.238 e. The molecule has 2 aromatic rings. The number of hydrogen-bond acceptors (Lipinski definition) is 2. The molecule has 3 heterocycles. The lowest BCUT2D eigenvalue weighted by Crippen LogP contribution is -2.37. The first-order valence-electron chi connectivity index (χ1n) is 18.2. The van der Waals surface area contributed by atoms with Crippen LogP contribution in [0, 0.1) is 12.8 Å². The van der Waals surface area contributed by atoms with Gasteiger partial charge in [0.05, 0.1) is 12.5 Å². The molecular formula is C43H52N3O2+3. The van der Waals surface area contributed by atoms with Gasteiger partial charge in [0.25, 0.3) is 0 Å². The molecule has 0 radical (unpaired) electrons. The Morgan fingerprint density at radius 1 is 0.917 bits per heavy atom. The number of rotatable bonds is 10. The van der Waals surface area contributed by atoms with Gasteiger partial charge in [0.15, 0.2) is 18.1 Å². The zero-order valence-corrected chi connectivity index (χ0v) is 29.1. The van der Waals surface area contributed by atoms with Gasteiger partial charge < -0.3 is 9.84 Å². The van der Waals surface area contributed by atoms with Crippen LogP contribution in [0.2, 0.25) is 0 Å². The number of aryl methyl sites for hydroxylation is 2. The van der Waals surface area contributed by atoms with Crippen LogP contribution in [0.15, 0.2) is 114 Å². The van der Waals surface area contributed by atoms with E-state index in [0.29, 0.717) is 18.4 Å². The van der Waals surface area contributed by atoms with Crippen molar-refractivity contribution in [2.45, 2.75) is 76.9 Å². The molecule has 3 unspecified atom stereocenters. The van der Waals surface area contributed by atoms with Gasteiger partial charge in [0, 0.05) is 42.5 Å². The molecule has 1 N–H and O–H groups in total. The quantitative estimate of drug-likeness (QED) is 0.225. The molecule has 0 saturated heterocycles. The molecule has 0 spiro atoms. The summed E-state index contributed by atoms with van der Waals surface area (Å²) in [6.07, 6.45) is 28.6. The molecule has 5 nitrogen and oxygen atoms in total. The molecule has 5 heteroatoms. The van der Waals surface area contributed by atoms with E-state index in [0.717, 1.165) is 70.2 Å². The minimum absolute atomic E-state index is 0.336. The normalized spacial score (nSPS) is 22.8. The molecule has 3 atom stereocenters. The molecule has 1 aromatic carbocycles. The van der Waals surface area contributed by atoms with E-state index >= 15 is 0 Å². The maximum atomic E-state index is 11.4. The Morgan fingerprint density at radius 2 is 1.79 bits per heavy atom. The molecule has 0 fully saturated rings. The second-order valence-corrected chi connectivity index (χ2v) is 14.1. The van der Waals surface area contributed by atoms with Crippen molar-refractivity contribution >= 4 is 11.4 Å². The average molecular weight is 643 g/mol. The monoisotopic (exact) mass is 642 g/mol. The Bertz CT molecular complexity index is 1810. The van der Waals surface area contributed by atoms with E-state index in [2.05, 4.69) is 126 Å². The van der Waals surface area contributed by atoms with Crippen LogP contribution in [0.1, 0.15) is 79.7 Å². The fraction of sp³-hybridized carbons (Fsp3) is 0.419. The van der Waals surface area contributed by atoms with Crippen LogP contribution >= 0.6 is 0 Å². The van der Waals surface area contributed by atoms with Crippen LogP contribution in [-0.4, -0.2) is 58.7 Å². The van der Waals surface area contributed by atoms with Gasteiger partial charge in [0.2, 0.25) is 17.7 Å². The largest absolute Gasteiger partial charge is 0.360 e. The Labute approximate surface area is 287 Å². The van der Waals surface area contributed by atoms with Gasteiger partial charge in [-0.25, -0.2) is 13.7 Å². The number of benzene rings is 1. The SMILES string of the molecule is Cc1ccc(CCOC(O)C2=[N+](CCC3C=CC=CC3c3cccc[n+]3C)C=CCC2)c(C2=[N+](C)CCC3=C2CCC2=C3CCC=C2)c1. The molecule has 0 bridgehead atoms. The number of aliphatic hydroxyl groups excluding tert-OH is 1. The minimum Gasteiger partial charge on any atom is -0.360 e. The summed E-state index contributed by atoms with van der Waals surface area (Å²) in [5, 5.41) is 11.4. The fourth-order valence-corrected chi connectivity index (χ4v) is 8.52. The summed E-state index contributed by atoms with van der Waals surface area (Å²) in [6, 6.07) is 13.3. The molecule has 248 valence electrons. The standard InChI is InChI=1S/C43H52N3O2/c1-31-18-19-34(39(30-31)42-38-21-20-32-12-4-6-14-35(32)37(38)23-27-45(42)3)24-29-48-43(47)41-17-9-11-26-46(41)28-22-33-13-5-7-15-36(33)40-16-8-10-25-44(40)2/h4-5,7-8,10-13,15-16,18-19,25-26,30,33,36,43,47H,6,9,14,17,20-24,27-29H2,1-3H3/q+3. The van der Waals surface area contributed by atoms with Crippen molar-refractivity contribution in [2.24, 2.45) is 13.0 Å². The summed E-state index contributed by atoms with van der Waals surface area (Å²) < 4.78 is 13.2. The summed E-state index contributed by atoms with van der Waals surface area (Å²) in [6.45, 7) is 4.57. The topological polar surface area (TPSA) is 39.4 Å². The molecule has 2 aliphatic heterocycles. The van der Waals surface area contributed by atoms with Gasteiger partial charge in [-0.1, -0.05) is 60.2 Å². The Kier molecular flexibility index (Phi) is 9.97. The third-order valence-electron chi connectivity index (χ3n) is 11.1. The number of aliphatic hydroxyl groups is 1. The Morgan fingerprint density at radius 3 is 2.69 bits per heavy atom. The van der Waals surface area contributed by atoms with Crippen LogP contribution in [-0.2, 0) is 18.2 Å². The second kappa shape index (κ2) is 14.7. The maximum absolute atomic E-state index is 11.4. The van der Waals surface area contributed by atoms with E-state index in [4.69, 9.17) is 4.74 Å². The average Bonchev–Trinajstić information content (AvgIpc) is 3.11. The van der Waals surface area contributed by atoms with Gasteiger partial charge in [-0.2, -0.15) is 0 Å². The summed E-state index contributed by atoms with van der Waals surface area (Å²) in [5.41, 5.74) is 14.0. The Hall–Kier alpha value is -3.93. The highest BCUT2D eigenvalue weighted by atomic mass is 16.6. The first-order valence-corrected chi connectivity index (χ1v) is 18.2. The molecule has 0 saturated carbocycles. The molecule has 3 aliphatic carbocycles. The molecule has 0 amide bonds. The first-order chi connectivity index (χ1) is 23.5. The lowest BCUT2D eigenvalue weighted by atomic mass is 9.75. The molecule has 48 heavy (non-hydrogen) atoms. The Balaban J connectivity index is 1.05. The van der Waals surface area contributed by atoms with Crippen molar-refractivity contribution in [1.82, 2.24) is 0 Å². The lowest BCUT2D eigenvalue weighted by Gasteiger charge is -2.30. The van der Waals surface area contributed by atoms with Crippen molar-refractivity contribution in [2.75, 3.05) is 26.7 Å². The van der Waals surface area contributed by atoms with E-state index in [-0.39, 0.29) is 0 Å². The number of ether oxygens (including phenoxy) is 1. The number of nitrogens with zero attached hydrogens (tertiary/aromatic N) is 3. The maximum Gasteiger partial charge on any atom is 0.238 e. The van der Waals surface area contributed by atoms with Gasteiger partial charge in [-0.3, -0.25) is 0 Å². The van der Waals surface area contributed by atoms with Crippen molar-refractivity contribution in [3.05, 3.63) is 136 Å². The van der Waals surface area contributed by atoms with Crippen molar-refractivity contribution in [1.29, 1.82) is 0 Å². The second-order valence-electron chi connectivity index (χ2n) is 14.1. The molecule has 7 rings (SSSR count). The van der Waals surface area contributed by atoms with Crippen molar-refractivity contribution in [3.63, 3.8) is 0 Å². The zero-order chi connectivity index (χ0) is 33.0. The third-order valence-corrected chi connectivity index (χ3v) is 11.1. The van der Waals surface area contributed by atoms with E-state index in [9.17, 15) is 5.11 Å². The van der Waals surface area contributed by atoms with Gasteiger partial charge in [-0.15, -0.1) is 0 Å². The molecule has 5 aliphatic rings. The summed E-state index contributed by atoms with van der Waals surface area (Å²) >= 11 is 0. The zero-order valence-electron chi connectivity index (χ0n) is 29.1. The molecular weight excluding hydrogens is 590 g/mol. The minimum atomic E-state index is -0.907. The van der Waals surface area contributed by atoms with Gasteiger partial charge in [-0.05, 0) is 85.8 Å². The van der Waals surface area contributed by atoms with Crippen LogP contribution in [0.3, 0.4) is 0 Å². The van der Waals surface area contributed by atoms with E-state index in [1.54, 1.807) is 22.3 Å². The number of hydrogen-bond donors (Lipinski definition) is 1. The van der Waals surface area contributed by atoms with E-state index in [1.165, 1.54) is 34.5 Å². The van der Waals surface area contributed by atoms with Gasteiger partial charge in [0.1, 0.15) is 27.2 Å². The predicted octanol–water partition coefficient (Wildman–Crippen LogP) is 6.95. The van der Waals surface area contributed by atoms with Crippen molar-refractivity contribution in [3.8, 4) is 0 Å². The van der Waals surface area contributed by atoms with Crippen LogP contribution in [0.25, 0.3) is 0 Å². The highest BCUT2D eigenvalue weighted by Crippen LogP contribution is 2.41. The highest BCUT2D eigenvalue weighted by Gasteiger charge is 2.34. The van der Waals surface area contributed by atoms with Crippen molar-refractivity contribution < 1.29 is 23.6 Å². The predicted molar refractivity (Wildman–Crippen MR) is 194 cm³/mol. The van der Waals surface area contributed by atoms with E-state index in [1.807, 2.05) is 0 Å². The number of pyridine rings is 1. The summed E-state index contributed by atoms with van der Waals surface area (Å²) in [5.74, 6) is 0.731. The number of fused-ring (bicyclic) bond motifs is 1. The van der Waals surface area contributed by atoms with E-state index < -0.39 is 6.29 Å². The number of aromatic nitrogens is 1. The van der Waals surface area contributed by atoms with Crippen LogP contribution in [0.4, 0.5) is 0 Å². The third kappa shape index (κ3) is 6.81. The first kappa shape index (κ1) is 32.6. The number of allylic oxidation sites excluding steroid dienone is 10. The lowest BCUT2D eigenvalue weighted by molar-refractivity contribution is -0.680. The van der Waals surface area contributed by atoms with Crippen LogP contribution < -0.4 is 4.57 Å². The summed E-state index contributed by atoms with van der Waals surface area (Å²) in [7, 11) is 4.39. The fourth-order valence-electron chi connectivity index (χ4n) is 8.52. The van der Waals surface area contributed by atoms with Gasteiger partial charge >= 0.3 is 0 Å².